The number of amides is 3. The molecule has 1 aromatic heterocycles. The number of methoxy groups -OCH3 is 1. The first-order chi connectivity index (χ1) is 16.2. The Morgan fingerprint density at radius 2 is 1.82 bits per heavy atom. The number of benzene rings is 1. The van der Waals surface area contributed by atoms with Crippen LogP contribution in [0, 0.1) is 5.92 Å². The first-order valence-corrected chi connectivity index (χ1v) is 12.2. The van der Waals surface area contributed by atoms with Gasteiger partial charge in [-0.1, -0.05) is 32.9 Å². The van der Waals surface area contributed by atoms with Gasteiger partial charge in [0, 0.05) is 45.1 Å². The van der Waals surface area contributed by atoms with E-state index in [2.05, 4.69) is 44.4 Å². The Kier molecular flexibility index (Phi) is 10.5. The molecule has 7 heteroatoms. The van der Waals surface area contributed by atoms with Crippen LogP contribution in [0.5, 0.6) is 5.75 Å². The highest BCUT2D eigenvalue weighted by Gasteiger charge is 2.25. The third-order valence-electron chi connectivity index (χ3n) is 6.14. The predicted molar refractivity (Wildman–Crippen MR) is 137 cm³/mol. The van der Waals surface area contributed by atoms with Crippen LogP contribution in [0.2, 0.25) is 0 Å². The maximum atomic E-state index is 13.5. The molecular weight excluding hydrogens is 428 g/mol. The Morgan fingerprint density at radius 3 is 2.44 bits per heavy atom. The third kappa shape index (κ3) is 7.82. The van der Waals surface area contributed by atoms with Crippen LogP contribution in [0.25, 0.3) is 0 Å². The summed E-state index contributed by atoms with van der Waals surface area (Å²) in [6, 6.07) is 12.0. The van der Waals surface area contributed by atoms with Gasteiger partial charge in [0.1, 0.15) is 12.3 Å². The van der Waals surface area contributed by atoms with Gasteiger partial charge in [-0.2, -0.15) is 0 Å². The number of hydrogen-bond donors (Lipinski definition) is 0. The van der Waals surface area contributed by atoms with Gasteiger partial charge in [0.25, 0.3) is 0 Å². The van der Waals surface area contributed by atoms with Crippen molar-refractivity contribution in [2.75, 3.05) is 34.3 Å². The van der Waals surface area contributed by atoms with Crippen molar-refractivity contribution < 1.29 is 14.3 Å². The lowest BCUT2D eigenvalue weighted by molar-refractivity contribution is -0.134. The van der Waals surface area contributed by atoms with Gasteiger partial charge in [0.15, 0.2) is 0 Å². The maximum Gasteiger partial charge on any atom is 0.319 e. The monoisotopic (exact) mass is 470 g/mol. The molecule has 1 atom stereocenters. The SMILES string of the molecule is CCC(C)N(Cc1cccn1Cc1cccc(OC)c1)C(=O)CN(CCC(C)C)C(=O)N(C)C. The van der Waals surface area contributed by atoms with Gasteiger partial charge in [-0.15, -0.1) is 0 Å². The van der Waals surface area contributed by atoms with Crippen LogP contribution in [-0.4, -0.2) is 71.5 Å². The molecule has 2 aromatic rings. The van der Waals surface area contributed by atoms with Crippen molar-refractivity contribution in [3.63, 3.8) is 0 Å². The Hall–Kier alpha value is -2.96. The van der Waals surface area contributed by atoms with E-state index in [1.807, 2.05) is 35.4 Å². The first kappa shape index (κ1) is 27.3. The largest absolute Gasteiger partial charge is 0.497 e. The van der Waals surface area contributed by atoms with Crippen molar-refractivity contribution in [1.29, 1.82) is 0 Å². The van der Waals surface area contributed by atoms with Gasteiger partial charge < -0.3 is 24.0 Å². The van der Waals surface area contributed by atoms with Gasteiger partial charge in [-0.25, -0.2) is 4.79 Å². The fourth-order valence-electron chi connectivity index (χ4n) is 3.79. The maximum absolute atomic E-state index is 13.5. The average Bonchev–Trinajstić information content (AvgIpc) is 3.25. The van der Waals surface area contributed by atoms with Crippen LogP contribution in [0.1, 0.15) is 51.8 Å². The number of aromatic nitrogens is 1. The quantitative estimate of drug-likeness (QED) is 0.452. The molecule has 1 unspecified atom stereocenters. The van der Waals surface area contributed by atoms with Gasteiger partial charge in [0.05, 0.1) is 13.7 Å². The fourth-order valence-corrected chi connectivity index (χ4v) is 3.79. The average molecular weight is 471 g/mol. The van der Waals surface area contributed by atoms with E-state index >= 15 is 0 Å². The number of nitrogens with zero attached hydrogens (tertiary/aromatic N) is 4. The molecule has 0 aliphatic heterocycles. The van der Waals surface area contributed by atoms with E-state index in [0.29, 0.717) is 25.6 Å². The van der Waals surface area contributed by atoms with Crippen LogP contribution < -0.4 is 4.74 Å². The van der Waals surface area contributed by atoms with Crippen LogP contribution >= 0.6 is 0 Å². The summed E-state index contributed by atoms with van der Waals surface area (Å²) in [5.74, 6) is 1.26. The molecule has 0 aliphatic carbocycles. The summed E-state index contributed by atoms with van der Waals surface area (Å²) < 4.78 is 7.52. The second-order valence-corrected chi connectivity index (χ2v) is 9.54. The molecule has 0 saturated carbocycles. The van der Waals surface area contributed by atoms with Crippen molar-refractivity contribution in [3.05, 3.63) is 53.9 Å². The molecule has 0 spiro atoms. The molecule has 0 saturated heterocycles. The van der Waals surface area contributed by atoms with E-state index in [4.69, 9.17) is 4.74 Å². The molecule has 3 amide bonds. The summed E-state index contributed by atoms with van der Waals surface area (Å²) in [5, 5.41) is 0. The molecular formula is C27H42N4O3. The molecule has 0 radical (unpaired) electrons. The minimum Gasteiger partial charge on any atom is -0.497 e. The summed E-state index contributed by atoms with van der Waals surface area (Å²) in [4.78, 5) is 31.4. The molecule has 188 valence electrons. The highest BCUT2D eigenvalue weighted by Crippen LogP contribution is 2.18. The summed E-state index contributed by atoms with van der Waals surface area (Å²) >= 11 is 0. The van der Waals surface area contributed by atoms with Gasteiger partial charge in [-0.05, 0) is 55.5 Å². The standard InChI is InChI=1S/C27H42N4O3/c1-8-22(4)31(26(32)20-30(16-14-21(2)3)27(33)28(5)6)19-24-12-10-15-29(24)18-23-11-9-13-25(17-23)34-7/h9-13,15,17,21-22H,8,14,16,18-20H2,1-7H3. The number of ether oxygens (including phenoxy) is 1. The molecule has 0 N–H and O–H groups in total. The van der Waals surface area contributed by atoms with E-state index in [1.165, 1.54) is 0 Å². The zero-order chi connectivity index (χ0) is 25.3. The molecule has 0 fully saturated rings. The smallest absolute Gasteiger partial charge is 0.319 e. The highest BCUT2D eigenvalue weighted by atomic mass is 16.5. The van der Waals surface area contributed by atoms with Crippen LogP contribution in [0.15, 0.2) is 42.6 Å². The van der Waals surface area contributed by atoms with E-state index in [1.54, 1.807) is 31.0 Å². The third-order valence-corrected chi connectivity index (χ3v) is 6.14. The topological polar surface area (TPSA) is 58.0 Å². The highest BCUT2D eigenvalue weighted by molar-refractivity contribution is 5.84. The predicted octanol–water partition coefficient (Wildman–Crippen LogP) is 4.70. The van der Waals surface area contributed by atoms with Crippen molar-refractivity contribution in [2.45, 2.75) is 59.7 Å². The van der Waals surface area contributed by atoms with E-state index in [9.17, 15) is 9.59 Å². The lowest BCUT2D eigenvalue weighted by atomic mass is 10.1. The summed E-state index contributed by atoms with van der Waals surface area (Å²) in [6.07, 6.45) is 3.74. The van der Waals surface area contributed by atoms with Crippen molar-refractivity contribution >= 4 is 11.9 Å². The van der Waals surface area contributed by atoms with Crippen LogP contribution in [0.4, 0.5) is 4.79 Å². The Balaban J connectivity index is 2.20. The Bertz CT molecular complexity index is 922. The zero-order valence-corrected chi connectivity index (χ0v) is 22.0. The summed E-state index contributed by atoms with van der Waals surface area (Å²) in [6.45, 7) is 10.3. The number of carbonyl (C=O) groups is 2. The van der Waals surface area contributed by atoms with Gasteiger partial charge >= 0.3 is 6.03 Å². The van der Waals surface area contributed by atoms with Gasteiger partial charge in [-0.3, -0.25) is 4.79 Å². The molecule has 7 nitrogen and oxygen atoms in total. The second-order valence-electron chi connectivity index (χ2n) is 9.54. The minimum atomic E-state index is -0.125. The minimum absolute atomic E-state index is 0.0255. The first-order valence-electron chi connectivity index (χ1n) is 12.2. The molecule has 0 bridgehead atoms. The summed E-state index contributed by atoms with van der Waals surface area (Å²) in [5.41, 5.74) is 2.19. The Labute approximate surface area is 205 Å². The van der Waals surface area contributed by atoms with Crippen LogP contribution in [0.3, 0.4) is 0 Å². The molecule has 34 heavy (non-hydrogen) atoms. The number of carbonyl (C=O) groups excluding carboxylic acids is 2. The lowest BCUT2D eigenvalue weighted by Crippen LogP contribution is -2.48. The Morgan fingerprint density at radius 1 is 1.09 bits per heavy atom. The van der Waals surface area contributed by atoms with E-state index < -0.39 is 0 Å². The molecule has 0 aliphatic rings. The summed E-state index contributed by atoms with van der Waals surface area (Å²) in [7, 11) is 5.13. The second kappa shape index (κ2) is 13.1. The van der Waals surface area contributed by atoms with E-state index in [0.717, 1.165) is 29.8 Å². The lowest BCUT2D eigenvalue weighted by Gasteiger charge is -2.33. The fraction of sp³-hybridized carbons (Fsp3) is 0.556. The van der Waals surface area contributed by atoms with Crippen molar-refractivity contribution in [2.24, 2.45) is 5.92 Å². The zero-order valence-electron chi connectivity index (χ0n) is 22.0. The van der Waals surface area contributed by atoms with E-state index in [-0.39, 0.29) is 24.5 Å². The van der Waals surface area contributed by atoms with Crippen LogP contribution in [-0.2, 0) is 17.9 Å². The molecule has 1 aromatic carbocycles. The van der Waals surface area contributed by atoms with Crippen molar-refractivity contribution in [1.82, 2.24) is 19.3 Å². The van der Waals surface area contributed by atoms with Crippen molar-refractivity contribution in [3.8, 4) is 5.75 Å². The number of urea groups is 1. The molecule has 1 heterocycles. The number of rotatable bonds is 12. The number of hydrogen-bond acceptors (Lipinski definition) is 3. The normalized spacial score (nSPS) is 11.9. The molecule has 2 rings (SSSR count). The van der Waals surface area contributed by atoms with Gasteiger partial charge in [0.2, 0.25) is 5.91 Å².